The van der Waals surface area contributed by atoms with Gasteiger partial charge in [0.2, 0.25) is 0 Å². The van der Waals surface area contributed by atoms with Gasteiger partial charge in [-0.3, -0.25) is 4.57 Å². The minimum absolute atomic E-state index is 0.00705. The van der Waals surface area contributed by atoms with Crippen LogP contribution in [0.2, 0.25) is 0 Å². The van der Waals surface area contributed by atoms with E-state index >= 15 is 0 Å². The lowest BCUT2D eigenvalue weighted by Crippen LogP contribution is -2.47. The van der Waals surface area contributed by atoms with Crippen LogP contribution >= 0.6 is 0 Å². The van der Waals surface area contributed by atoms with Crippen LogP contribution in [0.15, 0.2) is 36.7 Å². The topological polar surface area (TPSA) is 68.5 Å². The molecule has 2 aliphatic heterocycles. The standard InChI is InChI=1S/C20H24N6O2/c1-27-20-22-18(17-19(23-20)26(14-21-17)16-8-5-13-28-16)25-11-9-24(10-12-25)15-6-3-2-4-7-15/h2-4,6-7,14,16H,5,8-13H2,1H3/t16-/m1/s1. The number of benzene rings is 1. The summed E-state index contributed by atoms with van der Waals surface area (Å²) < 4.78 is 13.2. The number of hydrogen-bond acceptors (Lipinski definition) is 7. The first-order chi connectivity index (χ1) is 13.8. The molecule has 3 aromatic rings. The van der Waals surface area contributed by atoms with Crippen LogP contribution < -0.4 is 14.5 Å². The van der Waals surface area contributed by atoms with Gasteiger partial charge in [0.1, 0.15) is 6.23 Å². The third kappa shape index (κ3) is 3.03. The van der Waals surface area contributed by atoms with Crippen LogP contribution in [0.3, 0.4) is 0 Å². The molecule has 0 saturated carbocycles. The van der Waals surface area contributed by atoms with Gasteiger partial charge < -0.3 is 19.3 Å². The van der Waals surface area contributed by atoms with E-state index in [1.165, 1.54) is 5.69 Å². The highest BCUT2D eigenvalue weighted by atomic mass is 16.5. The summed E-state index contributed by atoms with van der Waals surface area (Å²) in [5.41, 5.74) is 2.85. The number of methoxy groups -OCH3 is 1. The van der Waals surface area contributed by atoms with E-state index < -0.39 is 0 Å². The Kier molecular flexibility index (Phi) is 4.48. The first-order valence-corrected chi connectivity index (χ1v) is 9.78. The molecule has 4 heterocycles. The normalized spacial score (nSPS) is 20.1. The van der Waals surface area contributed by atoms with E-state index in [1.54, 1.807) is 7.11 Å². The summed E-state index contributed by atoms with van der Waals surface area (Å²) in [4.78, 5) is 18.5. The number of piperazine rings is 1. The van der Waals surface area contributed by atoms with Crippen molar-refractivity contribution in [2.24, 2.45) is 0 Å². The molecule has 0 aliphatic carbocycles. The maximum atomic E-state index is 5.83. The highest BCUT2D eigenvalue weighted by Gasteiger charge is 2.26. The van der Waals surface area contributed by atoms with Gasteiger partial charge in [0.25, 0.3) is 0 Å². The Balaban J connectivity index is 1.44. The van der Waals surface area contributed by atoms with Gasteiger partial charge in [-0.1, -0.05) is 18.2 Å². The summed E-state index contributed by atoms with van der Waals surface area (Å²) in [6.07, 6.45) is 3.84. The Bertz CT molecular complexity index is 946. The summed E-state index contributed by atoms with van der Waals surface area (Å²) >= 11 is 0. The molecule has 0 spiro atoms. The van der Waals surface area contributed by atoms with Crippen molar-refractivity contribution >= 4 is 22.7 Å². The maximum absolute atomic E-state index is 5.83. The van der Waals surface area contributed by atoms with Gasteiger partial charge >= 0.3 is 6.01 Å². The van der Waals surface area contributed by atoms with Crippen molar-refractivity contribution < 1.29 is 9.47 Å². The van der Waals surface area contributed by atoms with Crippen molar-refractivity contribution in [3.05, 3.63) is 36.7 Å². The molecule has 8 heteroatoms. The number of nitrogens with zero attached hydrogens (tertiary/aromatic N) is 6. The quantitative estimate of drug-likeness (QED) is 0.689. The van der Waals surface area contributed by atoms with Crippen molar-refractivity contribution in [1.29, 1.82) is 0 Å². The van der Waals surface area contributed by atoms with Gasteiger partial charge in [0.05, 0.1) is 13.4 Å². The highest BCUT2D eigenvalue weighted by molar-refractivity contribution is 5.84. The van der Waals surface area contributed by atoms with Crippen molar-refractivity contribution in [1.82, 2.24) is 19.5 Å². The van der Waals surface area contributed by atoms with Crippen LogP contribution in [0.4, 0.5) is 11.5 Å². The SMILES string of the molecule is COc1nc(N2CCN(c3ccccc3)CC2)c2ncn([C@H]3CCCO3)c2n1. The summed E-state index contributed by atoms with van der Waals surface area (Å²) in [6.45, 7) is 4.39. The third-order valence-corrected chi connectivity index (χ3v) is 5.48. The van der Waals surface area contributed by atoms with Crippen molar-refractivity contribution in [3.63, 3.8) is 0 Å². The minimum Gasteiger partial charge on any atom is -0.467 e. The molecule has 1 atom stereocenters. The van der Waals surface area contributed by atoms with Crippen LogP contribution in [-0.4, -0.2) is 59.4 Å². The fourth-order valence-electron chi connectivity index (χ4n) is 4.00. The summed E-state index contributed by atoms with van der Waals surface area (Å²) in [6, 6.07) is 10.9. The lowest BCUT2D eigenvalue weighted by molar-refractivity contribution is 0.0592. The summed E-state index contributed by atoms with van der Waals surface area (Å²) in [5.74, 6) is 0.839. The van der Waals surface area contributed by atoms with Gasteiger partial charge in [-0.15, -0.1) is 0 Å². The van der Waals surface area contributed by atoms with Crippen LogP contribution in [-0.2, 0) is 4.74 Å². The van der Waals surface area contributed by atoms with Gasteiger partial charge in [0, 0.05) is 38.5 Å². The van der Waals surface area contributed by atoms with E-state index in [9.17, 15) is 0 Å². The molecular weight excluding hydrogens is 356 g/mol. The number of imidazole rings is 1. The van der Waals surface area contributed by atoms with Crippen molar-refractivity contribution in [2.45, 2.75) is 19.1 Å². The fourth-order valence-corrected chi connectivity index (χ4v) is 4.00. The maximum Gasteiger partial charge on any atom is 0.320 e. The summed E-state index contributed by atoms with van der Waals surface area (Å²) in [5, 5.41) is 0. The predicted octanol–water partition coefficient (Wildman–Crippen LogP) is 2.47. The van der Waals surface area contributed by atoms with Gasteiger partial charge in [-0.05, 0) is 25.0 Å². The van der Waals surface area contributed by atoms with E-state index in [1.807, 2.05) is 17.0 Å². The Labute approximate surface area is 163 Å². The third-order valence-electron chi connectivity index (χ3n) is 5.48. The smallest absolute Gasteiger partial charge is 0.320 e. The lowest BCUT2D eigenvalue weighted by Gasteiger charge is -2.36. The molecule has 1 aromatic carbocycles. The molecule has 0 N–H and O–H groups in total. The Hall–Kier alpha value is -2.87. The Morgan fingerprint density at radius 2 is 1.82 bits per heavy atom. The first-order valence-electron chi connectivity index (χ1n) is 9.78. The molecule has 2 saturated heterocycles. The molecule has 0 bridgehead atoms. The monoisotopic (exact) mass is 380 g/mol. The number of ether oxygens (including phenoxy) is 2. The Morgan fingerprint density at radius 3 is 2.54 bits per heavy atom. The molecule has 28 heavy (non-hydrogen) atoms. The number of aromatic nitrogens is 4. The molecule has 2 fully saturated rings. The van der Waals surface area contributed by atoms with Crippen LogP contribution in [0.1, 0.15) is 19.1 Å². The number of hydrogen-bond donors (Lipinski definition) is 0. The van der Waals surface area contributed by atoms with Gasteiger partial charge in [0.15, 0.2) is 17.0 Å². The number of fused-ring (bicyclic) bond motifs is 1. The molecule has 8 nitrogen and oxygen atoms in total. The molecule has 2 aromatic heterocycles. The van der Waals surface area contributed by atoms with Crippen LogP contribution in [0.25, 0.3) is 11.2 Å². The van der Waals surface area contributed by atoms with E-state index in [2.05, 4.69) is 49.0 Å². The van der Waals surface area contributed by atoms with E-state index in [0.29, 0.717) is 6.01 Å². The largest absolute Gasteiger partial charge is 0.467 e. The second-order valence-electron chi connectivity index (χ2n) is 7.14. The molecular formula is C20H24N6O2. The average molecular weight is 380 g/mol. The molecule has 0 unspecified atom stereocenters. The van der Waals surface area contributed by atoms with Gasteiger partial charge in [-0.25, -0.2) is 4.98 Å². The lowest BCUT2D eigenvalue weighted by atomic mass is 10.2. The van der Waals surface area contributed by atoms with Crippen LogP contribution in [0, 0.1) is 0 Å². The fraction of sp³-hybridized carbons (Fsp3) is 0.450. The second kappa shape index (κ2) is 7.27. The average Bonchev–Trinajstić information content (AvgIpc) is 3.43. The Morgan fingerprint density at radius 1 is 1.04 bits per heavy atom. The minimum atomic E-state index is -0.00705. The molecule has 0 amide bonds. The summed E-state index contributed by atoms with van der Waals surface area (Å²) in [7, 11) is 1.60. The zero-order valence-corrected chi connectivity index (χ0v) is 16.0. The predicted molar refractivity (Wildman–Crippen MR) is 107 cm³/mol. The highest BCUT2D eigenvalue weighted by Crippen LogP contribution is 2.31. The number of anilines is 2. The first kappa shape index (κ1) is 17.2. The molecule has 5 rings (SSSR count). The number of rotatable bonds is 4. The molecule has 0 radical (unpaired) electrons. The second-order valence-corrected chi connectivity index (χ2v) is 7.14. The van der Waals surface area contributed by atoms with E-state index in [4.69, 9.17) is 9.47 Å². The van der Waals surface area contributed by atoms with E-state index in [0.717, 1.165) is 62.6 Å². The molecule has 2 aliphatic rings. The van der Waals surface area contributed by atoms with Gasteiger partial charge in [-0.2, -0.15) is 9.97 Å². The zero-order valence-electron chi connectivity index (χ0n) is 16.0. The zero-order chi connectivity index (χ0) is 18.9. The van der Waals surface area contributed by atoms with Crippen molar-refractivity contribution in [2.75, 3.05) is 49.7 Å². The van der Waals surface area contributed by atoms with E-state index in [-0.39, 0.29) is 6.23 Å². The molecule has 146 valence electrons. The van der Waals surface area contributed by atoms with Crippen molar-refractivity contribution in [3.8, 4) is 6.01 Å². The van der Waals surface area contributed by atoms with Crippen LogP contribution in [0.5, 0.6) is 6.01 Å². The number of para-hydroxylation sites is 1.